The van der Waals surface area contributed by atoms with Crippen LogP contribution in [-0.2, 0) is 0 Å². The van der Waals surface area contributed by atoms with Gasteiger partial charge in [-0.25, -0.2) is 4.39 Å². The van der Waals surface area contributed by atoms with E-state index in [0.29, 0.717) is 36.5 Å². The molecule has 3 rings (SSSR count). The molecule has 1 aromatic carbocycles. The summed E-state index contributed by atoms with van der Waals surface area (Å²) < 4.78 is 25.1. The van der Waals surface area contributed by atoms with Crippen LogP contribution < -0.4 is 15.4 Å². The lowest BCUT2D eigenvalue weighted by molar-refractivity contribution is 0.158. The van der Waals surface area contributed by atoms with Crippen LogP contribution in [0.4, 0.5) is 4.39 Å². The topological polar surface area (TPSA) is 79.0 Å². The first-order chi connectivity index (χ1) is 13.6. The van der Waals surface area contributed by atoms with Gasteiger partial charge in [-0.15, -0.1) is 0 Å². The maximum atomic E-state index is 14.3. The Balaban J connectivity index is 1.60. The van der Waals surface area contributed by atoms with Gasteiger partial charge in [0.15, 0.2) is 17.5 Å². The number of benzene rings is 1. The first-order valence-corrected chi connectivity index (χ1v) is 9.75. The summed E-state index contributed by atoms with van der Waals surface area (Å²) in [6.07, 6.45) is 3.03. The molecule has 152 valence electrons. The highest BCUT2D eigenvalue weighted by Gasteiger charge is 2.22. The van der Waals surface area contributed by atoms with E-state index in [1.807, 2.05) is 19.9 Å². The average Bonchev–Trinajstić information content (AvgIpc) is 3.35. The van der Waals surface area contributed by atoms with Crippen LogP contribution in [-0.4, -0.2) is 30.8 Å². The number of nitrogens with zero attached hydrogens (tertiary/aromatic N) is 1. The number of hydrogen-bond donors (Lipinski definition) is 3. The van der Waals surface area contributed by atoms with Crippen molar-refractivity contribution in [3.05, 3.63) is 53.7 Å². The highest BCUT2D eigenvalue weighted by Crippen LogP contribution is 2.30. The lowest BCUT2D eigenvalue weighted by atomic mass is 10.1. The zero-order valence-electron chi connectivity index (χ0n) is 16.3. The van der Waals surface area contributed by atoms with E-state index in [4.69, 9.17) is 9.15 Å². The van der Waals surface area contributed by atoms with E-state index in [-0.39, 0.29) is 18.4 Å². The van der Waals surface area contributed by atoms with Crippen LogP contribution in [0.3, 0.4) is 0 Å². The average molecular weight is 389 g/mol. The standard InChI is InChI=1S/C21H28FN3O3/c1-3-23-21(24-12-18(26)20-5-4-10-27-20)25-14(2)16-8-9-19(17(22)11-16)28-13-15-6-7-15/h4-5,8-11,14-15,18,26H,3,6-7,12-13H2,1-2H3,(H2,23,24,25). The minimum Gasteiger partial charge on any atom is -0.490 e. The number of nitrogens with one attached hydrogen (secondary N) is 2. The smallest absolute Gasteiger partial charge is 0.191 e. The minimum atomic E-state index is -0.818. The number of guanidine groups is 1. The monoisotopic (exact) mass is 389 g/mol. The zero-order valence-corrected chi connectivity index (χ0v) is 16.3. The fourth-order valence-corrected chi connectivity index (χ4v) is 2.75. The first-order valence-electron chi connectivity index (χ1n) is 9.75. The van der Waals surface area contributed by atoms with E-state index in [1.165, 1.54) is 25.2 Å². The van der Waals surface area contributed by atoms with Crippen molar-refractivity contribution in [2.75, 3.05) is 19.7 Å². The molecular formula is C21H28FN3O3. The molecule has 3 N–H and O–H groups in total. The molecule has 0 spiro atoms. The lowest BCUT2D eigenvalue weighted by Gasteiger charge is -2.19. The van der Waals surface area contributed by atoms with Gasteiger partial charge in [0.25, 0.3) is 0 Å². The highest BCUT2D eigenvalue weighted by atomic mass is 19.1. The van der Waals surface area contributed by atoms with Crippen molar-refractivity contribution in [2.45, 2.75) is 38.8 Å². The Bertz CT molecular complexity index is 775. The molecule has 1 aromatic heterocycles. The Morgan fingerprint density at radius 2 is 2.21 bits per heavy atom. The number of aliphatic hydroxyl groups is 1. The third-order valence-corrected chi connectivity index (χ3v) is 4.62. The Labute approximate surface area is 164 Å². The highest BCUT2D eigenvalue weighted by molar-refractivity contribution is 5.80. The van der Waals surface area contributed by atoms with Crippen LogP contribution in [0.25, 0.3) is 0 Å². The van der Waals surface area contributed by atoms with Gasteiger partial charge < -0.3 is 24.9 Å². The summed E-state index contributed by atoms with van der Waals surface area (Å²) in [7, 11) is 0. The number of furan rings is 1. The van der Waals surface area contributed by atoms with Crippen molar-refractivity contribution in [3.8, 4) is 5.75 Å². The van der Waals surface area contributed by atoms with E-state index in [1.54, 1.807) is 18.2 Å². The molecule has 7 heteroatoms. The van der Waals surface area contributed by atoms with Crippen molar-refractivity contribution in [1.82, 2.24) is 10.6 Å². The van der Waals surface area contributed by atoms with Crippen molar-refractivity contribution < 1.29 is 18.7 Å². The second-order valence-electron chi connectivity index (χ2n) is 7.06. The Morgan fingerprint density at radius 3 is 2.86 bits per heavy atom. The van der Waals surface area contributed by atoms with Gasteiger partial charge in [-0.2, -0.15) is 0 Å². The van der Waals surface area contributed by atoms with Gasteiger partial charge in [0.05, 0.1) is 25.5 Å². The van der Waals surface area contributed by atoms with E-state index in [0.717, 1.165) is 5.56 Å². The number of aliphatic hydroxyl groups excluding tert-OH is 1. The number of hydrogen-bond acceptors (Lipinski definition) is 4. The number of halogens is 1. The number of ether oxygens (including phenoxy) is 1. The van der Waals surface area contributed by atoms with Crippen LogP contribution in [0.1, 0.15) is 50.2 Å². The SMILES string of the molecule is CCNC(=NCC(O)c1ccco1)NC(C)c1ccc(OCC2CC2)c(F)c1. The molecule has 1 saturated carbocycles. The molecule has 1 aliphatic rings. The molecule has 1 fully saturated rings. The maximum Gasteiger partial charge on any atom is 0.191 e. The third kappa shape index (κ3) is 5.73. The van der Waals surface area contributed by atoms with Crippen molar-refractivity contribution in [1.29, 1.82) is 0 Å². The molecular weight excluding hydrogens is 361 g/mol. The largest absolute Gasteiger partial charge is 0.490 e. The number of rotatable bonds is 9. The van der Waals surface area contributed by atoms with E-state index < -0.39 is 6.10 Å². The molecule has 2 unspecified atom stereocenters. The minimum absolute atomic E-state index is 0.151. The number of aliphatic imine (C=N–C) groups is 1. The molecule has 0 amide bonds. The van der Waals surface area contributed by atoms with Gasteiger partial charge in [0, 0.05) is 6.54 Å². The van der Waals surface area contributed by atoms with Gasteiger partial charge in [-0.05, 0) is 62.4 Å². The molecule has 28 heavy (non-hydrogen) atoms. The maximum absolute atomic E-state index is 14.3. The molecule has 0 aliphatic heterocycles. The van der Waals surface area contributed by atoms with Gasteiger partial charge in [-0.1, -0.05) is 6.07 Å². The quantitative estimate of drug-likeness (QED) is 0.451. The molecule has 2 atom stereocenters. The summed E-state index contributed by atoms with van der Waals surface area (Å²) >= 11 is 0. The summed E-state index contributed by atoms with van der Waals surface area (Å²) in [6.45, 7) is 5.28. The fourth-order valence-electron chi connectivity index (χ4n) is 2.75. The van der Waals surface area contributed by atoms with Crippen LogP contribution in [0, 0.1) is 11.7 Å². The second kappa shape index (κ2) is 9.59. The molecule has 1 aliphatic carbocycles. The van der Waals surface area contributed by atoms with Crippen molar-refractivity contribution >= 4 is 5.96 Å². The normalized spacial score (nSPS) is 16.5. The van der Waals surface area contributed by atoms with Crippen LogP contribution >= 0.6 is 0 Å². The van der Waals surface area contributed by atoms with Gasteiger partial charge in [-0.3, -0.25) is 4.99 Å². The lowest BCUT2D eigenvalue weighted by Crippen LogP contribution is -2.39. The summed E-state index contributed by atoms with van der Waals surface area (Å²) in [4.78, 5) is 4.40. The summed E-state index contributed by atoms with van der Waals surface area (Å²) in [5, 5.41) is 16.5. The summed E-state index contributed by atoms with van der Waals surface area (Å²) in [6, 6.07) is 8.27. The van der Waals surface area contributed by atoms with Crippen molar-refractivity contribution in [3.63, 3.8) is 0 Å². The fraction of sp³-hybridized carbons (Fsp3) is 0.476. The predicted molar refractivity (Wildman–Crippen MR) is 106 cm³/mol. The van der Waals surface area contributed by atoms with Gasteiger partial charge in [0.1, 0.15) is 11.9 Å². The molecule has 1 heterocycles. The molecule has 6 nitrogen and oxygen atoms in total. The van der Waals surface area contributed by atoms with Crippen LogP contribution in [0.2, 0.25) is 0 Å². The second-order valence-corrected chi connectivity index (χ2v) is 7.06. The molecule has 0 radical (unpaired) electrons. The third-order valence-electron chi connectivity index (χ3n) is 4.62. The molecule has 0 saturated heterocycles. The first kappa shape index (κ1) is 20.2. The van der Waals surface area contributed by atoms with E-state index in [2.05, 4.69) is 15.6 Å². The molecule has 0 bridgehead atoms. The summed E-state index contributed by atoms with van der Waals surface area (Å²) in [5.41, 5.74) is 0.786. The predicted octanol–water partition coefficient (Wildman–Crippen LogP) is 3.56. The molecule has 2 aromatic rings. The van der Waals surface area contributed by atoms with Crippen LogP contribution in [0.5, 0.6) is 5.75 Å². The van der Waals surface area contributed by atoms with E-state index in [9.17, 15) is 9.50 Å². The summed E-state index contributed by atoms with van der Waals surface area (Å²) in [5.74, 6) is 1.52. The van der Waals surface area contributed by atoms with Crippen molar-refractivity contribution in [2.24, 2.45) is 10.9 Å². The Kier molecular flexibility index (Phi) is 6.92. The van der Waals surface area contributed by atoms with Crippen LogP contribution in [0.15, 0.2) is 46.0 Å². The Morgan fingerprint density at radius 1 is 1.39 bits per heavy atom. The zero-order chi connectivity index (χ0) is 19.9. The Hall–Kier alpha value is -2.54. The van der Waals surface area contributed by atoms with Gasteiger partial charge in [0.2, 0.25) is 0 Å². The van der Waals surface area contributed by atoms with Gasteiger partial charge >= 0.3 is 0 Å². The van der Waals surface area contributed by atoms with E-state index >= 15 is 0 Å².